The lowest BCUT2D eigenvalue weighted by Crippen LogP contribution is -2.29. The zero-order chi connectivity index (χ0) is 10.9. The Bertz CT molecular complexity index is 340. The van der Waals surface area contributed by atoms with Gasteiger partial charge in [-0.25, -0.2) is 8.42 Å². The van der Waals surface area contributed by atoms with Crippen molar-refractivity contribution < 1.29 is 8.42 Å². The van der Waals surface area contributed by atoms with Crippen LogP contribution in [0.2, 0.25) is 0 Å². The van der Waals surface area contributed by atoms with Crippen molar-refractivity contribution in [3.63, 3.8) is 0 Å². The molecule has 1 aliphatic rings. The molecule has 3 nitrogen and oxygen atoms in total. The second kappa shape index (κ2) is 3.82. The first-order valence-corrected chi connectivity index (χ1v) is 6.73. The van der Waals surface area contributed by atoms with Crippen molar-refractivity contribution in [2.45, 2.75) is 31.6 Å². The molecule has 1 fully saturated rings. The predicted octanol–water partition coefficient (Wildman–Crippen LogP) is 0.721. The molecule has 0 aromatic rings. The van der Waals surface area contributed by atoms with Crippen LogP contribution in [0.1, 0.15) is 20.3 Å². The van der Waals surface area contributed by atoms with Gasteiger partial charge < -0.3 is 4.90 Å². The predicted molar refractivity (Wildman–Crippen MR) is 57.4 cm³/mol. The van der Waals surface area contributed by atoms with Gasteiger partial charge in [-0.2, -0.15) is 0 Å². The summed E-state index contributed by atoms with van der Waals surface area (Å²) in [6.45, 7) is 4.62. The topological polar surface area (TPSA) is 37.4 Å². The normalized spacial score (nSPS) is 28.1. The quantitative estimate of drug-likeness (QED) is 0.637. The Morgan fingerprint density at radius 1 is 1.50 bits per heavy atom. The molecule has 0 N–H and O–H groups in total. The van der Waals surface area contributed by atoms with Gasteiger partial charge in [0.1, 0.15) is 0 Å². The molecule has 0 bridgehead atoms. The number of likely N-dealkylation sites (tertiary alicyclic amines) is 1. The van der Waals surface area contributed by atoms with Crippen molar-refractivity contribution in [1.29, 1.82) is 0 Å². The van der Waals surface area contributed by atoms with E-state index in [-0.39, 0.29) is 11.3 Å². The van der Waals surface area contributed by atoms with Crippen LogP contribution in [0.5, 0.6) is 0 Å². The Hall–Kier alpha value is -0.690. The van der Waals surface area contributed by atoms with E-state index in [1.807, 2.05) is 4.90 Å². The number of hydrogen-bond acceptors (Lipinski definition) is 3. The molecule has 80 valence electrons. The number of terminal acetylenes is 1. The summed E-state index contributed by atoms with van der Waals surface area (Å²) < 4.78 is 22.7. The molecule has 0 radical (unpaired) electrons. The van der Waals surface area contributed by atoms with Crippen molar-refractivity contribution in [2.24, 2.45) is 5.92 Å². The van der Waals surface area contributed by atoms with Crippen LogP contribution < -0.4 is 0 Å². The first-order chi connectivity index (χ1) is 6.36. The summed E-state index contributed by atoms with van der Waals surface area (Å²) in [5.41, 5.74) is 0. The number of rotatable bonds is 2. The van der Waals surface area contributed by atoms with Gasteiger partial charge in [-0.1, -0.05) is 20.3 Å². The molecule has 0 aliphatic carbocycles. The molecule has 1 unspecified atom stereocenters. The average Bonchev–Trinajstić information content (AvgIpc) is 2.45. The summed E-state index contributed by atoms with van der Waals surface area (Å²) in [7, 11) is -2.95. The summed E-state index contributed by atoms with van der Waals surface area (Å²) >= 11 is 0. The molecular formula is C10H17NO2S. The van der Waals surface area contributed by atoms with E-state index in [4.69, 9.17) is 6.42 Å². The average molecular weight is 215 g/mol. The first-order valence-electron chi connectivity index (χ1n) is 4.78. The summed E-state index contributed by atoms with van der Waals surface area (Å²) in [6, 6.07) is 2.77. The molecule has 0 saturated carbocycles. The maximum absolute atomic E-state index is 11.4. The van der Waals surface area contributed by atoms with Gasteiger partial charge in [0.2, 0.25) is 0 Å². The fourth-order valence-electron chi connectivity index (χ4n) is 1.92. The molecule has 1 rings (SSSR count). The second-order valence-corrected chi connectivity index (χ2v) is 6.61. The summed E-state index contributed by atoms with van der Waals surface area (Å²) in [4.78, 5) is 1.82. The van der Waals surface area contributed by atoms with Gasteiger partial charge >= 0.3 is 0 Å². The van der Waals surface area contributed by atoms with E-state index in [9.17, 15) is 8.42 Å². The minimum absolute atomic E-state index is 0.208. The van der Waals surface area contributed by atoms with Crippen molar-refractivity contribution in [2.75, 3.05) is 12.8 Å². The largest absolute Gasteiger partial charge is 0.328 e. The third-order valence-electron chi connectivity index (χ3n) is 2.85. The van der Waals surface area contributed by atoms with Gasteiger partial charge in [0.05, 0.1) is 5.25 Å². The zero-order valence-electron chi connectivity index (χ0n) is 8.90. The third-order valence-corrected chi connectivity index (χ3v) is 4.40. The van der Waals surface area contributed by atoms with E-state index >= 15 is 0 Å². The summed E-state index contributed by atoms with van der Waals surface area (Å²) in [5.74, 6) is 0.401. The molecule has 1 heterocycles. The first kappa shape index (κ1) is 11.4. The fourth-order valence-corrected chi connectivity index (χ4v) is 2.89. The SMILES string of the molecule is C#CN1C[C@@H](S(C)(=O)=O)CC1C(C)C. The third kappa shape index (κ3) is 2.21. The minimum atomic E-state index is -2.95. The van der Waals surface area contributed by atoms with E-state index in [0.717, 1.165) is 0 Å². The van der Waals surface area contributed by atoms with Gasteiger partial charge in [0.25, 0.3) is 0 Å². The molecule has 0 aromatic heterocycles. The summed E-state index contributed by atoms with van der Waals surface area (Å²) in [5, 5.41) is -0.286. The highest BCUT2D eigenvalue weighted by atomic mass is 32.2. The highest BCUT2D eigenvalue weighted by Gasteiger charge is 2.37. The Morgan fingerprint density at radius 3 is 2.36 bits per heavy atom. The zero-order valence-corrected chi connectivity index (χ0v) is 9.71. The lowest BCUT2D eigenvalue weighted by Gasteiger charge is -2.22. The van der Waals surface area contributed by atoms with Crippen molar-refractivity contribution in [3.8, 4) is 12.5 Å². The summed E-state index contributed by atoms with van der Waals surface area (Å²) in [6.07, 6.45) is 7.30. The van der Waals surface area contributed by atoms with Crippen LogP contribution in [0, 0.1) is 18.4 Å². The minimum Gasteiger partial charge on any atom is -0.328 e. The van der Waals surface area contributed by atoms with Crippen LogP contribution in [0.3, 0.4) is 0 Å². The molecule has 14 heavy (non-hydrogen) atoms. The molecule has 0 spiro atoms. The van der Waals surface area contributed by atoms with E-state index in [2.05, 4.69) is 19.9 Å². The van der Waals surface area contributed by atoms with Gasteiger partial charge in [0, 0.05) is 24.9 Å². The van der Waals surface area contributed by atoms with Gasteiger partial charge in [-0.3, -0.25) is 0 Å². The van der Waals surface area contributed by atoms with E-state index in [1.54, 1.807) is 0 Å². The van der Waals surface area contributed by atoms with Crippen LogP contribution in [0.25, 0.3) is 0 Å². The molecule has 2 atom stereocenters. The molecule has 0 amide bonds. The van der Waals surface area contributed by atoms with Crippen molar-refractivity contribution in [3.05, 3.63) is 0 Å². The fraction of sp³-hybridized carbons (Fsp3) is 0.800. The monoisotopic (exact) mass is 215 g/mol. The maximum Gasteiger partial charge on any atom is 0.152 e. The van der Waals surface area contributed by atoms with Crippen molar-refractivity contribution >= 4 is 9.84 Å². The highest BCUT2D eigenvalue weighted by Crippen LogP contribution is 2.26. The van der Waals surface area contributed by atoms with Crippen LogP contribution in [0.4, 0.5) is 0 Å². The van der Waals surface area contributed by atoms with Gasteiger partial charge in [0.15, 0.2) is 9.84 Å². The Labute approximate surface area is 86.4 Å². The van der Waals surface area contributed by atoms with Gasteiger partial charge in [-0.15, -0.1) is 0 Å². The lowest BCUT2D eigenvalue weighted by atomic mass is 10.0. The molecule has 4 heteroatoms. The number of sulfone groups is 1. The molecule has 1 saturated heterocycles. The number of hydrogen-bond donors (Lipinski definition) is 0. The lowest BCUT2D eigenvalue weighted by molar-refractivity contribution is 0.295. The Morgan fingerprint density at radius 2 is 2.07 bits per heavy atom. The Kier molecular flexibility index (Phi) is 3.10. The Balaban J connectivity index is 2.82. The second-order valence-electron chi connectivity index (χ2n) is 4.28. The molecule has 1 aliphatic heterocycles. The van der Waals surface area contributed by atoms with Gasteiger partial charge in [-0.05, 0) is 12.3 Å². The van der Waals surface area contributed by atoms with Crippen LogP contribution in [0.15, 0.2) is 0 Å². The standard InChI is InChI=1S/C10H17NO2S/c1-5-11-7-9(14(4,12)13)6-10(11)8(2)3/h1,8-10H,6-7H2,2-4H3/t9-,10?/m0/s1. The van der Waals surface area contributed by atoms with Crippen LogP contribution >= 0.6 is 0 Å². The molecule has 0 aromatic carbocycles. The smallest absolute Gasteiger partial charge is 0.152 e. The van der Waals surface area contributed by atoms with Crippen molar-refractivity contribution in [1.82, 2.24) is 4.90 Å². The molecular weight excluding hydrogens is 198 g/mol. The van der Waals surface area contributed by atoms with E-state index in [1.165, 1.54) is 6.26 Å². The van der Waals surface area contributed by atoms with E-state index in [0.29, 0.717) is 18.9 Å². The maximum atomic E-state index is 11.4. The highest BCUT2D eigenvalue weighted by molar-refractivity contribution is 7.91. The van der Waals surface area contributed by atoms with E-state index < -0.39 is 9.84 Å². The van der Waals surface area contributed by atoms with Crippen LogP contribution in [-0.4, -0.2) is 37.4 Å². The van der Waals surface area contributed by atoms with Crippen LogP contribution in [-0.2, 0) is 9.84 Å². The number of nitrogens with zero attached hydrogens (tertiary/aromatic N) is 1.